The average molecular weight is 145 g/mol. The Morgan fingerprint density at radius 3 is 2.30 bits per heavy atom. The number of carbonyl (C=O) groups excluding carboxylic acids is 1. The van der Waals surface area contributed by atoms with Crippen LogP contribution >= 0.6 is 0 Å². The Morgan fingerprint density at radius 2 is 2.20 bits per heavy atom. The molecule has 3 nitrogen and oxygen atoms in total. The summed E-state index contributed by atoms with van der Waals surface area (Å²) in [5.41, 5.74) is 4.66. The highest BCUT2D eigenvalue weighted by atomic mass is 16.5. The molecule has 0 aromatic carbocycles. The van der Waals surface area contributed by atoms with Crippen molar-refractivity contribution >= 4 is 5.91 Å². The molecule has 0 aromatic heterocycles. The van der Waals surface area contributed by atoms with Crippen molar-refractivity contribution in [3.8, 4) is 0 Å². The van der Waals surface area contributed by atoms with E-state index < -0.39 is 5.41 Å². The number of hydrogen-bond acceptors (Lipinski definition) is 2. The molecular formula is C7H15NO2. The Morgan fingerprint density at radius 1 is 1.70 bits per heavy atom. The summed E-state index contributed by atoms with van der Waals surface area (Å²) in [5.74, 6) is -0.295. The molecule has 0 aliphatic heterocycles. The van der Waals surface area contributed by atoms with Crippen LogP contribution in [0.2, 0.25) is 0 Å². The lowest BCUT2D eigenvalue weighted by molar-refractivity contribution is -0.129. The Labute approximate surface area is 61.5 Å². The van der Waals surface area contributed by atoms with Crippen LogP contribution in [0.5, 0.6) is 0 Å². The third kappa shape index (κ3) is 1.99. The molecule has 0 heterocycles. The minimum absolute atomic E-state index is 0.295. The molecule has 0 aliphatic carbocycles. The van der Waals surface area contributed by atoms with E-state index in [1.165, 1.54) is 0 Å². The summed E-state index contributed by atoms with van der Waals surface area (Å²) >= 11 is 0. The van der Waals surface area contributed by atoms with Gasteiger partial charge in [-0.15, -0.1) is 0 Å². The van der Waals surface area contributed by atoms with Gasteiger partial charge in [0.1, 0.15) is 0 Å². The first-order valence-electron chi connectivity index (χ1n) is 3.35. The molecule has 0 fully saturated rings. The Hall–Kier alpha value is -0.570. The second kappa shape index (κ2) is 3.56. The fourth-order valence-corrected chi connectivity index (χ4v) is 0.666. The Balaban J connectivity index is 4.08. The molecule has 0 aromatic rings. The topological polar surface area (TPSA) is 52.3 Å². The fraction of sp³-hybridized carbons (Fsp3) is 0.857. The number of amides is 1. The number of nitrogens with two attached hydrogens (primary N) is 1. The fourth-order valence-electron chi connectivity index (χ4n) is 0.666. The van der Waals surface area contributed by atoms with Crippen LogP contribution in [0.1, 0.15) is 20.3 Å². The van der Waals surface area contributed by atoms with Gasteiger partial charge in [-0.05, 0) is 13.3 Å². The third-order valence-corrected chi connectivity index (χ3v) is 1.84. The maximum absolute atomic E-state index is 10.8. The first kappa shape index (κ1) is 9.43. The zero-order chi connectivity index (χ0) is 8.20. The van der Waals surface area contributed by atoms with Crippen LogP contribution < -0.4 is 5.73 Å². The Kier molecular flexibility index (Phi) is 3.36. The van der Waals surface area contributed by atoms with Crippen LogP contribution in [0.4, 0.5) is 0 Å². The predicted octanol–water partition coefficient (Wildman–Crippen LogP) is 0.534. The monoisotopic (exact) mass is 145 g/mol. The van der Waals surface area contributed by atoms with Crippen molar-refractivity contribution in [1.82, 2.24) is 0 Å². The van der Waals surface area contributed by atoms with E-state index in [1.54, 1.807) is 14.0 Å². The molecule has 10 heavy (non-hydrogen) atoms. The van der Waals surface area contributed by atoms with Crippen LogP contribution in [-0.2, 0) is 9.53 Å². The van der Waals surface area contributed by atoms with Gasteiger partial charge in [0.2, 0.25) is 5.91 Å². The summed E-state index contributed by atoms with van der Waals surface area (Å²) < 4.78 is 4.86. The lowest BCUT2D eigenvalue weighted by atomic mass is 9.88. The summed E-state index contributed by atoms with van der Waals surface area (Å²) in [6, 6.07) is 0. The summed E-state index contributed by atoms with van der Waals surface area (Å²) in [6.07, 6.45) is 0.718. The number of carbonyl (C=O) groups is 1. The van der Waals surface area contributed by atoms with E-state index in [4.69, 9.17) is 10.5 Å². The molecule has 1 amide bonds. The zero-order valence-corrected chi connectivity index (χ0v) is 6.81. The van der Waals surface area contributed by atoms with E-state index >= 15 is 0 Å². The van der Waals surface area contributed by atoms with Gasteiger partial charge in [-0.25, -0.2) is 0 Å². The van der Waals surface area contributed by atoms with Crippen molar-refractivity contribution in [2.24, 2.45) is 11.1 Å². The van der Waals surface area contributed by atoms with E-state index in [9.17, 15) is 4.79 Å². The third-order valence-electron chi connectivity index (χ3n) is 1.84. The van der Waals surface area contributed by atoms with Gasteiger partial charge in [0.15, 0.2) is 0 Å². The molecule has 0 radical (unpaired) electrons. The summed E-state index contributed by atoms with van der Waals surface area (Å²) in [7, 11) is 1.57. The number of hydrogen-bond donors (Lipinski definition) is 1. The standard InChI is InChI=1S/C7H15NO2/c1-4-7(2,5-10-3)6(8)9/h4-5H2,1-3H3,(H2,8,9). The van der Waals surface area contributed by atoms with E-state index in [2.05, 4.69) is 0 Å². The summed E-state index contributed by atoms with van der Waals surface area (Å²) in [5, 5.41) is 0. The summed E-state index contributed by atoms with van der Waals surface area (Å²) in [4.78, 5) is 10.8. The van der Waals surface area contributed by atoms with Gasteiger partial charge in [-0.2, -0.15) is 0 Å². The molecule has 60 valence electrons. The minimum Gasteiger partial charge on any atom is -0.384 e. The molecule has 0 spiro atoms. The quantitative estimate of drug-likeness (QED) is 0.627. The van der Waals surface area contributed by atoms with E-state index in [0.717, 1.165) is 6.42 Å². The van der Waals surface area contributed by atoms with Gasteiger partial charge >= 0.3 is 0 Å². The molecule has 2 N–H and O–H groups in total. The first-order chi connectivity index (χ1) is 4.56. The summed E-state index contributed by atoms with van der Waals surface area (Å²) in [6.45, 7) is 4.13. The van der Waals surface area contributed by atoms with Crippen LogP contribution in [0.25, 0.3) is 0 Å². The molecule has 1 atom stereocenters. The van der Waals surface area contributed by atoms with Crippen molar-refractivity contribution < 1.29 is 9.53 Å². The molecule has 0 saturated heterocycles. The maximum atomic E-state index is 10.8. The normalized spacial score (nSPS) is 16.3. The van der Waals surface area contributed by atoms with E-state index in [0.29, 0.717) is 6.61 Å². The lowest BCUT2D eigenvalue weighted by Crippen LogP contribution is -2.37. The van der Waals surface area contributed by atoms with E-state index in [-0.39, 0.29) is 5.91 Å². The van der Waals surface area contributed by atoms with Crippen LogP contribution in [0, 0.1) is 5.41 Å². The van der Waals surface area contributed by atoms with Crippen molar-refractivity contribution in [3.63, 3.8) is 0 Å². The molecule has 3 heteroatoms. The first-order valence-corrected chi connectivity index (χ1v) is 3.35. The van der Waals surface area contributed by atoms with Gasteiger partial charge in [-0.1, -0.05) is 6.92 Å². The number of primary amides is 1. The largest absolute Gasteiger partial charge is 0.384 e. The van der Waals surface area contributed by atoms with Gasteiger partial charge in [0, 0.05) is 7.11 Å². The van der Waals surface area contributed by atoms with Crippen molar-refractivity contribution in [2.45, 2.75) is 20.3 Å². The van der Waals surface area contributed by atoms with Crippen molar-refractivity contribution in [1.29, 1.82) is 0 Å². The van der Waals surface area contributed by atoms with Gasteiger partial charge in [0.25, 0.3) is 0 Å². The predicted molar refractivity (Wildman–Crippen MR) is 39.5 cm³/mol. The van der Waals surface area contributed by atoms with Crippen LogP contribution in [0.15, 0.2) is 0 Å². The maximum Gasteiger partial charge on any atom is 0.225 e. The number of methoxy groups -OCH3 is 1. The SMILES string of the molecule is CCC(C)(COC)C(N)=O. The van der Waals surface area contributed by atoms with Crippen LogP contribution in [0.3, 0.4) is 0 Å². The molecule has 0 bridgehead atoms. The van der Waals surface area contributed by atoms with Crippen molar-refractivity contribution in [3.05, 3.63) is 0 Å². The number of rotatable bonds is 4. The highest BCUT2D eigenvalue weighted by Gasteiger charge is 2.28. The molecule has 0 rings (SSSR count). The van der Waals surface area contributed by atoms with Gasteiger partial charge in [0.05, 0.1) is 12.0 Å². The number of ether oxygens (including phenoxy) is 1. The van der Waals surface area contributed by atoms with Crippen LogP contribution in [-0.4, -0.2) is 19.6 Å². The van der Waals surface area contributed by atoms with E-state index in [1.807, 2.05) is 6.92 Å². The molecule has 0 saturated carbocycles. The average Bonchev–Trinajstić information content (AvgIpc) is 1.88. The molecular weight excluding hydrogens is 130 g/mol. The Bertz CT molecular complexity index is 125. The zero-order valence-electron chi connectivity index (χ0n) is 6.81. The molecule has 0 aliphatic rings. The highest BCUT2D eigenvalue weighted by molar-refractivity contribution is 5.80. The van der Waals surface area contributed by atoms with Crippen molar-refractivity contribution in [2.75, 3.05) is 13.7 Å². The lowest BCUT2D eigenvalue weighted by Gasteiger charge is -2.22. The minimum atomic E-state index is -0.491. The highest BCUT2D eigenvalue weighted by Crippen LogP contribution is 2.19. The molecule has 1 unspecified atom stereocenters. The van der Waals surface area contributed by atoms with Gasteiger partial charge < -0.3 is 10.5 Å². The van der Waals surface area contributed by atoms with Gasteiger partial charge in [-0.3, -0.25) is 4.79 Å². The smallest absolute Gasteiger partial charge is 0.225 e. The second-order valence-corrected chi connectivity index (χ2v) is 2.71. The second-order valence-electron chi connectivity index (χ2n) is 2.71.